The van der Waals surface area contributed by atoms with Crippen LogP contribution >= 0.6 is 11.8 Å². The smallest absolute Gasteiger partial charge is 0.270 e. The highest BCUT2D eigenvalue weighted by atomic mass is 32.2. The summed E-state index contributed by atoms with van der Waals surface area (Å²) < 4.78 is 2.07. The second kappa shape index (κ2) is 4.29. The fraction of sp³-hybridized carbons (Fsp3) is 0.583. The van der Waals surface area contributed by atoms with E-state index in [0.717, 1.165) is 30.3 Å². The zero-order valence-corrected chi connectivity index (χ0v) is 10.6. The van der Waals surface area contributed by atoms with Crippen molar-refractivity contribution in [3.8, 4) is 0 Å². The molecule has 0 unspecified atom stereocenters. The van der Waals surface area contributed by atoms with E-state index in [4.69, 9.17) is 5.73 Å². The van der Waals surface area contributed by atoms with Crippen LogP contribution in [0.2, 0.25) is 0 Å². The maximum Gasteiger partial charge on any atom is 0.270 e. The molecule has 1 saturated heterocycles. The summed E-state index contributed by atoms with van der Waals surface area (Å²) in [4.78, 5) is 14.4. The number of carbonyl (C=O) groups excluding carboxylic acids is 1. The van der Waals surface area contributed by atoms with Crippen LogP contribution in [0.3, 0.4) is 0 Å². The molecule has 4 nitrogen and oxygen atoms in total. The van der Waals surface area contributed by atoms with E-state index in [1.54, 1.807) is 0 Å². The number of carbonyl (C=O) groups is 1. The van der Waals surface area contributed by atoms with Gasteiger partial charge in [0.25, 0.3) is 5.91 Å². The minimum Gasteiger partial charge on any atom is -0.397 e. The molecule has 1 aromatic rings. The van der Waals surface area contributed by atoms with Crippen LogP contribution in [0, 0.1) is 0 Å². The topological polar surface area (TPSA) is 51.3 Å². The fourth-order valence-electron chi connectivity index (χ4n) is 2.26. The van der Waals surface area contributed by atoms with E-state index in [1.165, 1.54) is 12.8 Å². The molecule has 2 aliphatic rings. The van der Waals surface area contributed by atoms with Crippen molar-refractivity contribution in [2.75, 3.05) is 30.3 Å². The number of rotatable bonds is 2. The van der Waals surface area contributed by atoms with Crippen molar-refractivity contribution in [2.24, 2.45) is 0 Å². The van der Waals surface area contributed by atoms with Gasteiger partial charge in [0.15, 0.2) is 0 Å². The number of nitrogens with zero attached hydrogens (tertiary/aromatic N) is 2. The summed E-state index contributed by atoms with van der Waals surface area (Å²) in [5.41, 5.74) is 7.29. The predicted octanol–water partition coefficient (Wildman–Crippen LogP) is 1.59. The number of amides is 1. The Morgan fingerprint density at radius 3 is 2.71 bits per heavy atom. The van der Waals surface area contributed by atoms with E-state index in [-0.39, 0.29) is 5.91 Å². The van der Waals surface area contributed by atoms with Gasteiger partial charge in [-0.05, 0) is 18.9 Å². The van der Waals surface area contributed by atoms with Gasteiger partial charge in [0.05, 0.1) is 5.69 Å². The molecular weight excluding hydrogens is 234 g/mol. The Morgan fingerprint density at radius 1 is 1.35 bits per heavy atom. The van der Waals surface area contributed by atoms with Crippen LogP contribution < -0.4 is 5.73 Å². The Kier molecular flexibility index (Phi) is 2.78. The van der Waals surface area contributed by atoms with E-state index in [1.807, 2.05) is 28.9 Å². The number of thioether (sulfide) groups is 1. The molecule has 2 N–H and O–H groups in total. The molecule has 17 heavy (non-hydrogen) atoms. The molecule has 1 amide bonds. The third kappa shape index (κ3) is 2.16. The van der Waals surface area contributed by atoms with E-state index < -0.39 is 0 Å². The quantitative estimate of drug-likeness (QED) is 0.868. The molecule has 1 aliphatic carbocycles. The molecule has 1 aliphatic heterocycles. The average molecular weight is 251 g/mol. The van der Waals surface area contributed by atoms with Gasteiger partial charge < -0.3 is 15.2 Å². The van der Waals surface area contributed by atoms with Gasteiger partial charge in [-0.3, -0.25) is 4.79 Å². The zero-order chi connectivity index (χ0) is 11.8. The Balaban J connectivity index is 1.84. The van der Waals surface area contributed by atoms with Crippen LogP contribution in [-0.4, -0.2) is 40.0 Å². The van der Waals surface area contributed by atoms with Gasteiger partial charge in [0.1, 0.15) is 5.69 Å². The first-order valence-electron chi connectivity index (χ1n) is 6.10. The van der Waals surface area contributed by atoms with Crippen molar-refractivity contribution in [1.82, 2.24) is 9.47 Å². The molecule has 0 bridgehead atoms. The number of anilines is 1. The fourth-order valence-corrected chi connectivity index (χ4v) is 3.16. The largest absolute Gasteiger partial charge is 0.397 e. The summed E-state index contributed by atoms with van der Waals surface area (Å²) in [6, 6.07) is 2.33. The van der Waals surface area contributed by atoms with Crippen LogP contribution in [0.4, 0.5) is 5.69 Å². The summed E-state index contributed by atoms with van der Waals surface area (Å²) in [5.74, 6) is 2.24. The van der Waals surface area contributed by atoms with Crippen LogP contribution in [0.1, 0.15) is 29.4 Å². The molecule has 3 rings (SSSR count). The average Bonchev–Trinajstić information content (AvgIpc) is 3.13. The van der Waals surface area contributed by atoms with Gasteiger partial charge in [-0.1, -0.05) is 0 Å². The molecule has 2 fully saturated rings. The number of hydrogen-bond acceptors (Lipinski definition) is 3. The maximum absolute atomic E-state index is 12.4. The minimum atomic E-state index is 0.147. The number of hydrogen-bond donors (Lipinski definition) is 1. The molecule has 92 valence electrons. The standard InChI is InChI=1S/C12H17N3OS/c13-9-7-11(15(8-9)10-1-2-10)12(16)14-3-5-17-6-4-14/h7-8,10H,1-6,13H2. The SMILES string of the molecule is Nc1cc(C(=O)N2CCSCC2)n(C2CC2)c1. The highest BCUT2D eigenvalue weighted by Gasteiger charge is 2.29. The predicted molar refractivity (Wildman–Crippen MR) is 70.3 cm³/mol. The Labute approximate surface area is 105 Å². The second-order valence-electron chi connectivity index (χ2n) is 4.70. The van der Waals surface area contributed by atoms with Crippen LogP contribution in [0.15, 0.2) is 12.3 Å². The van der Waals surface area contributed by atoms with Crippen LogP contribution in [0.5, 0.6) is 0 Å². The molecule has 0 radical (unpaired) electrons. The van der Waals surface area contributed by atoms with Crippen LogP contribution in [0.25, 0.3) is 0 Å². The normalized spacial score (nSPS) is 20.6. The Hall–Kier alpha value is -1.10. The highest BCUT2D eigenvalue weighted by Crippen LogP contribution is 2.37. The van der Waals surface area contributed by atoms with Crippen LogP contribution in [-0.2, 0) is 0 Å². The second-order valence-corrected chi connectivity index (χ2v) is 5.93. The van der Waals surface area contributed by atoms with E-state index in [0.29, 0.717) is 11.7 Å². The number of nitrogen functional groups attached to an aromatic ring is 1. The lowest BCUT2D eigenvalue weighted by Gasteiger charge is -2.26. The molecule has 0 spiro atoms. The number of nitrogens with two attached hydrogens (primary N) is 1. The molecule has 2 heterocycles. The first-order valence-corrected chi connectivity index (χ1v) is 7.25. The lowest BCUT2D eigenvalue weighted by Crippen LogP contribution is -2.38. The summed E-state index contributed by atoms with van der Waals surface area (Å²) >= 11 is 1.91. The summed E-state index contributed by atoms with van der Waals surface area (Å²) in [6.07, 6.45) is 4.25. The van der Waals surface area contributed by atoms with Crippen molar-refractivity contribution >= 4 is 23.4 Å². The lowest BCUT2D eigenvalue weighted by atomic mass is 10.3. The highest BCUT2D eigenvalue weighted by molar-refractivity contribution is 7.99. The summed E-state index contributed by atoms with van der Waals surface area (Å²) in [6.45, 7) is 1.72. The molecule has 0 atom stereocenters. The first-order chi connectivity index (χ1) is 8.25. The molecule has 1 saturated carbocycles. The van der Waals surface area contributed by atoms with Gasteiger partial charge >= 0.3 is 0 Å². The van der Waals surface area contributed by atoms with Gasteiger partial charge in [0.2, 0.25) is 0 Å². The maximum atomic E-state index is 12.4. The molecule has 1 aromatic heterocycles. The van der Waals surface area contributed by atoms with E-state index in [9.17, 15) is 4.79 Å². The van der Waals surface area contributed by atoms with Gasteiger partial charge in [-0.2, -0.15) is 11.8 Å². The summed E-state index contributed by atoms with van der Waals surface area (Å²) in [7, 11) is 0. The third-order valence-corrected chi connectivity index (χ3v) is 4.27. The zero-order valence-electron chi connectivity index (χ0n) is 9.76. The van der Waals surface area contributed by atoms with Gasteiger partial charge in [-0.25, -0.2) is 0 Å². The Morgan fingerprint density at radius 2 is 2.06 bits per heavy atom. The Bertz CT molecular complexity index is 433. The van der Waals surface area contributed by atoms with Crippen molar-refractivity contribution < 1.29 is 4.79 Å². The van der Waals surface area contributed by atoms with Crippen molar-refractivity contribution in [3.05, 3.63) is 18.0 Å². The molecule has 0 aromatic carbocycles. The molecule has 5 heteroatoms. The molecular formula is C12H17N3OS. The minimum absolute atomic E-state index is 0.147. The lowest BCUT2D eigenvalue weighted by molar-refractivity contribution is 0.0761. The van der Waals surface area contributed by atoms with Crippen molar-refractivity contribution in [3.63, 3.8) is 0 Å². The van der Waals surface area contributed by atoms with Crippen molar-refractivity contribution in [2.45, 2.75) is 18.9 Å². The third-order valence-electron chi connectivity index (χ3n) is 3.33. The van der Waals surface area contributed by atoms with E-state index >= 15 is 0 Å². The first kappa shape index (κ1) is 11.0. The van der Waals surface area contributed by atoms with Gasteiger partial charge in [0, 0.05) is 36.8 Å². The number of aromatic nitrogens is 1. The summed E-state index contributed by atoms with van der Waals surface area (Å²) in [5, 5.41) is 0. The van der Waals surface area contributed by atoms with Gasteiger partial charge in [-0.15, -0.1) is 0 Å². The van der Waals surface area contributed by atoms with E-state index in [2.05, 4.69) is 4.57 Å². The monoisotopic (exact) mass is 251 g/mol. The van der Waals surface area contributed by atoms with Crippen molar-refractivity contribution in [1.29, 1.82) is 0 Å².